The van der Waals surface area contributed by atoms with Gasteiger partial charge in [-0.15, -0.1) is 11.3 Å². The van der Waals surface area contributed by atoms with E-state index in [4.69, 9.17) is 4.42 Å². The smallest absolute Gasteiger partial charge is 0.143 e. The van der Waals surface area contributed by atoms with Crippen molar-refractivity contribution in [1.29, 1.82) is 0 Å². The molecule has 0 unspecified atom stereocenters. The summed E-state index contributed by atoms with van der Waals surface area (Å²) < 4.78 is 9.43. The first-order chi connectivity index (χ1) is 26.7. The van der Waals surface area contributed by atoms with Crippen molar-refractivity contribution < 1.29 is 4.42 Å². The molecule has 0 aliphatic heterocycles. The lowest BCUT2D eigenvalue weighted by Crippen LogP contribution is -2.55. The topological polar surface area (TPSA) is 13.1 Å². The van der Waals surface area contributed by atoms with Gasteiger partial charge in [0.25, 0.3) is 0 Å². The number of thiophene rings is 1. The molecule has 0 radical (unpaired) electrons. The summed E-state index contributed by atoms with van der Waals surface area (Å²) in [5.41, 5.74) is 15.7. The van der Waals surface area contributed by atoms with Crippen LogP contribution in [0, 0.1) is 23.7 Å². The van der Waals surface area contributed by atoms with Crippen LogP contribution in [0.3, 0.4) is 0 Å². The lowest BCUT2D eigenvalue weighted by Gasteiger charge is -2.61. The summed E-state index contributed by atoms with van der Waals surface area (Å²) in [7, 11) is 0. The summed E-state index contributed by atoms with van der Waals surface area (Å²) >= 11 is 1.91. The third kappa shape index (κ3) is 3.89. The van der Waals surface area contributed by atoms with E-state index in [1.54, 1.807) is 11.1 Å². The van der Waals surface area contributed by atoms with Crippen LogP contribution < -0.4 is 0 Å². The highest BCUT2D eigenvalue weighted by Crippen LogP contribution is 2.70. The lowest BCUT2D eigenvalue weighted by molar-refractivity contribution is -0.0399. The van der Waals surface area contributed by atoms with Crippen LogP contribution in [-0.4, -0.2) is 0 Å². The highest BCUT2D eigenvalue weighted by Gasteiger charge is 2.61. The Morgan fingerprint density at radius 3 is 2.04 bits per heavy atom. The highest BCUT2D eigenvalue weighted by molar-refractivity contribution is 7.25. The second-order valence-corrected chi connectivity index (χ2v) is 17.9. The minimum Gasteiger partial charge on any atom is -0.455 e. The Balaban J connectivity index is 1.10. The largest absolute Gasteiger partial charge is 0.455 e. The van der Waals surface area contributed by atoms with E-state index in [1.807, 2.05) is 11.3 Å². The molecule has 1 nitrogen and oxygen atoms in total. The van der Waals surface area contributed by atoms with Gasteiger partial charge in [-0.2, -0.15) is 0 Å². The van der Waals surface area contributed by atoms with Gasteiger partial charge in [-0.3, -0.25) is 0 Å². The van der Waals surface area contributed by atoms with Crippen molar-refractivity contribution in [3.05, 3.63) is 157 Å². The molecule has 2 heteroatoms. The Kier molecular flexibility index (Phi) is 6.01. The van der Waals surface area contributed by atoms with Crippen molar-refractivity contribution in [2.45, 2.75) is 37.5 Å². The summed E-state index contributed by atoms with van der Waals surface area (Å²) in [5.74, 6) is 3.28. The maximum absolute atomic E-state index is 6.73. The molecule has 4 fully saturated rings. The van der Waals surface area contributed by atoms with Gasteiger partial charge < -0.3 is 4.42 Å². The molecule has 2 aromatic heterocycles. The average molecular weight is 711 g/mol. The van der Waals surface area contributed by atoms with Gasteiger partial charge in [0.1, 0.15) is 11.2 Å². The van der Waals surface area contributed by atoms with Gasteiger partial charge >= 0.3 is 0 Å². The predicted molar refractivity (Wildman–Crippen MR) is 226 cm³/mol. The minimum atomic E-state index is 0.110. The Hall–Kier alpha value is -5.44. The number of hydrogen-bond donors (Lipinski definition) is 0. The molecule has 0 atom stereocenters. The molecule has 54 heavy (non-hydrogen) atoms. The summed E-state index contributed by atoms with van der Waals surface area (Å²) in [6, 6.07) is 55.0. The summed E-state index contributed by atoms with van der Waals surface area (Å²) in [6.45, 7) is 0. The molecular weight excluding hydrogens is 673 g/mol. The number of fused-ring (bicyclic) bond motifs is 9. The van der Waals surface area contributed by atoms with E-state index in [2.05, 4.69) is 146 Å². The van der Waals surface area contributed by atoms with Crippen LogP contribution in [0.4, 0.5) is 0 Å². The molecule has 2 heterocycles. The normalized spacial score (nSPS) is 23.6. The molecular formula is C52H38OS. The summed E-state index contributed by atoms with van der Waals surface area (Å²) in [4.78, 5) is 0. The quantitative estimate of drug-likeness (QED) is 0.178. The molecule has 0 saturated heterocycles. The fourth-order valence-corrected chi connectivity index (χ4v) is 13.6. The second-order valence-electron chi connectivity index (χ2n) is 16.8. The fraction of sp³-hybridized carbons (Fsp3) is 0.192. The van der Waals surface area contributed by atoms with Gasteiger partial charge in [0, 0.05) is 41.9 Å². The Bertz CT molecular complexity index is 2980. The summed E-state index contributed by atoms with van der Waals surface area (Å²) in [6.07, 6.45) is 7.01. The van der Waals surface area contributed by atoms with E-state index < -0.39 is 0 Å². The molecule has 14 rings (SSSR count). The Morgan fingerprint density at radius 2 is 1.17 bits per heavy atom. The van der Waals surface area contributed by atoms with Crippen LogP contribution in [0.5, 0.6) is 0 Å². The van der Waals surface area contributed by atoms with Gasteiger partial charge in [-0.25, -0.2) is 0 Å². The van der Waals surface area contributed by atoms with Crippen molar-refractivity contribution in [2.24, 2.45) is 23.7 Å². The van der Waals surface area contributed by atoms with Gasteiger partial charge in [-0.05, 0) is 130 Å². The Morgan fingerprint density at radius 1 is 0.444 bits per heavy atom. The van der Waals surface area contributed by atoms with E-state index >= 15 is 0 Å². The maximum Gasteiger partial charge on any atom is 0.143 e. The van der Waals surface area contributed by atoms with Crippen molar-refractivity contribution in [1.82, 2.24) is 0 Å². The predicted octanol–water partition coefficient (Wildman–Crippen LogP) is 14.7. The number of rotatable bonds is 3. The summed E-state index contributed by atoms with van der Waals surface area (Å²) in [5, 5.41) is 5.05. The van der Waals surface area contributed by atoms with Crippen molar-refractivity contribution in [2.75, 3.05) is 0 Å². The fourth-order valence-electron chi connectivity index (χ4n) is 12.5. The SMILES string of the molecule is c1ccc(-c2cccc3c2oc2ccc(-c4c(-c5ccc6c(c5)sc5ccccc56)ccc5c4-c4ccccc4C54C5CC6CC(C5)CC4C6)cc23)cc1. The first-order valence-corrected chi connectivity index (χ1v) is 20.7. The molecule has 4 saturated carbocycles. The van der Waals surface area contributed by atoms with Gasteiger partial charge in [0.2, 0.25) is 0 Å². The first kappa shape index (κ1) is 29.9. The minimum absolute atomic E-state index is 0.110. The third-order valence-electron chi connectivity index (χ3n) is 14.3. The van der Waals surface area contributed by atoms with E-state index in [9.17, 15) is 0 Å². The van der Waals surface area contributed by atoms with Crippen LogP contribution in [0.2, 0.25) is 0 Å². The second kappa shape index (κ2) is 10.8. The van der Waals surface area contributed by atoms with Gasteiger partial charge in [0.15, 0.2) is 0 Å². The highest BCUT2D eigenvalue weighted by atomic mass is 32.1. The maximum atomic E-state index is 6.73. The van der Waals surface area contributed by atoms with Crippen molar-refractivity contribution >= 4 is 53.4 Å². The zero-order valence-corrected chi connectivity index (χ0v) is 30.8. The molecule has 0 N–H and O–H groups in total. The average Bonchev–Trinajstić information content (AvgIpc) is 3.87. The zero-order valence-electron chi connectivity index (χ0n) is 30.0. The Labute approximate surface area is 318 Å². The number of para-hydroxylation sites is 1. The number of furan rings is 1. The molecule has 5 aliphatic rings. The van der Waals surface area contributed by atoms with E-state index in [0.717, 1.165) is 40.4 Å². The molecule has 9 aromatic rings. The molecule has 1 spiro atoms. The van der Waals surface area contributed by atoms with Crippen LogP contribution in [-0.2, 0) is 5.41 Å². The lowest BCUT2D eigenvalue weighted by atomic mass is 9.43. The van der Waals surface area contributed by atoms with E-state index in [-0.39, 0.29) is 5.41 Å². The standard InChI is InChI=1S/C52H38OS/c1-2-9-32(10-3-1)38-13-8-14-41-43-28-34(18-22-46(43)53-51(38)41)49-37(33-17-19-40-39-11-5-7-16-47(39)54-48(40)29-33)20-21-45-50(49)42-12-4-6-15-44(42)52(45)35-24-30-23-31(26-35)27-36(52)25-30/h1-22,28-31,35-36H,23-27H2. The van der Waals surface area contributed by atoms with Crippen LogP contribution in [0.1, 0.15) is 43.2 Å². The van der Waals surface area contributed by atoms with Gasteiger partial charge in [0.05, 0.1) is 0 Å². The van der Waals surface area contributed by atoms with Crippen molar-refractivity contribution in [3.8, 4) is 44.5 Å². The molecule has 4 bridgehead atoms. The first-order valence-electron chi connectivity index (χ1n) is 19.9. The zero-order chi connectivity index (χ0) is 35.1. The molecule has 5 aliphatic carbocycles. The third-order valence-corrected chi connectivity index (χ3v) is 15.4. The van der Waals surface area contributed by atoms with Crippen molar-refractivity contribution in [3.63, 3.8) is 0 Å². The molecule has 258 valence electrons. The van der Waals surface area contributed by atoms with Crippen LogP contribution in [0.25, 0.3) is 86.6 Å². The van der Waals surface area contributed by atoms with Gasteiger partial charge in [-0.1, -0.05) is 121 Å². The van der Waals surface area contributed by atoms with Crippen LogP contribution >= 0.6 is 11.3 Å². The van der Waals surface area contributed by atoms with E-state index in [0.29, 0.717) is 0 Å². The van der Waals surface area contributed by atoms with Crippen LogP contribution in [0.15, 0.2) is 150 Å². The monoisotopic (exact) mass is 710 g/mol. The molecule has 0 amide bonds. The molecule has 7 aromatic carbocycles. The number of hydrogen-bond acceptors (Lipinski definition) is 2. The number of benzene rings is 7. The van der Waals surface area contributed by atoms with E-state index in [1.165, 1.54) is 102 Å².